The van der Waals surface area contributed by atoms with E-state index in [2.05, 4.69) is 11.9 Å². The zero-order valence-electron chi connectivity index (χ0n) is 15.3. The van der Waals surface area contributed by atoms with Crippen LogP contribution >= 0.6 is 0 Å². The number of nitrogens with zero attached hydrogens (tertiary/aromatic N) is 3. The first-order valence-corrected chi connectivity index (χ1v) is 8.57. The van der Waals surface area contributed by atoms with E-state index in [9.17, 15) is 4.79 Å². The third-order valence-electron chi connectivity index (χ3n) is 4.57. The molecule has 1 atom stereocenters. The van der Waals surface area contributed by atoms with E-state index >= 15 is 0 Å². The van der Waals surface area contributed by atoms with Gasteiger partial charge in [-0.2, -0.15) is 0 Å². The lowest BCUT2D eigenvalue weighted by Crippen LogP contribution is -2.36. The number of aromatic nitrogens is 2. The van der Waals surface area contributed by atoms with Gasteiger partial charge in [-0.15, -0.1) is 0 Å². The number of amides is 1. The van der Waals surface area contributed by atoms with Crippen molar-refractivity contribution in [3.8, 4) is 11.4 Å². The van der Waals surface area contributed by atoms with Gasteiger partial charge in [0.1, 0.15) is 5.75 Å². The van der Waals surface area contributed by atoms with Crippen molar-refractivity contribution in [2.24, 2.45) is 0 Å². The molecule has 0 unspecified atom stereocenters. The first-order chi connectivity index (χ1) is 12.6. The summed E-state index contributed by atoms with van der Waals surface area (Å²) >= 11 is 0. The standard InChI is InChI=1S/C21H23N3O2/c1-16(13-17-7-9-20(26-3)10-8-17)23(2)21(25)18-5-4-6-19(14-18)24-12-11-22-15-24/h4-12,14-16H,13H2,1-3H3/t16-/m0/s1. The number of methoxy groups -OCH3 is 1. The van der Waals surface area contributed by atoms with Crippen molar-refractivity contribution in [1.82, 2.24) is 14.5 Å². The van der Waals surface area contributed by atoms with Gasteiger partial charge >= 0.3 is 0 Å². The molecule has 1 amide bonds. The van der Waals surface area contributed by atoms with Crippen molar-refractivity contribution in [2.75, 3.05) is 14.2 Å². The van der Waals surface area contributed by atoms with E-state index in [1.165, 1.54) is 5.56 Å². The van der Waals surface area contributed by atoms with Crippen molar-refractivity contribution in [2.45, 2.75) is 19.4 Å². The van der Waals surface area contributed by atoms with E-state index in [4.69, 9.17) is 4.74 Å². The van der Waals surface area contributed by atoms with E-state index < -0.39 is 0 Å². The van der Waals surface area contributed by atoms with Crippen LogP contribution in [-0.4, -0.2) is 40.6 Å². The van der Waals surface area contributed by atoms with E-state index in [0.29, 0.717) is 5.56 Å². The average molecular weight is 349 g/mol. The van der Waals surface area contributed by atoms with Gasteiger partial charge in [-0.05, 0) is 49.2 Å². The summed E-state index contributed by atoms with van der Waals surface area (Å²) in [6.45, 7) is 2.06. The summed E-state index contributed by atoms with van der Waals surface area (Å²) in [6, 6.07) is 15.6. The third kappa shape index (κ3) is 3.94. The summed E-state index contributed by atoms with van der Waals surface area (Å²) in [4.78, 5) is 18.7. The number of likely N-dealkylation sites (N-methyl/N-ethyl adjacent to an activating group) is 1. The van der Waals surface area contributed by atoms with Crippen LogP contribution in [0.5, 0.6) is 5.75 Å². The molecule has 5 nitrogen and oxygen atoms in total. The Labute approximate surface area is 153 Å². The van der Waals surface area contributed by atoms with Gasteiger partial charge < -0.3 is 14.2 Å². The number of ether oxygens (including phenoxy) is 1. The van der Waals surface area contributed by atoms with Gasteiger partial charge in [0, 0.05) is 36.7 Å². The highest BCUT2D eigenvalue weighted by atomic mass is 16.5. The second kappa shape index (κ2) is 7.87. The number of hydrogen-bond donors (Lipinski definition) is 0. The summed E-state index contributed by atoms with van der Waals surface area (Å²) in [6.07, 6.45) is 6.09. The van der Waals surface area contributed by atoms with Crippen LogP contribution in [0.1, 0.15) is 22.8 Å². The fourth-order valence-electron chi connectivity index (χ4n) is 2.85. The monoisotopic (exact) mass is 349 g/mol. The van der Waals surface area contributed by atoms with Gasteiger partial charge in [-0.25, -0.2) is 4.98 Å². The summed E-state index contributed by atoms with van der Waals surface area (Å²) in [5.74, 6) is 0.843. The summed E-state index contributed by atoms with van der Waals surface area (Å²) < 4.78 is 7.07. The minimum absolute atomic E-state index is 0.00739. The molecule has 2 aromatic carbocycles. The molecule has 0 radical (unpaired) electrons. The molecule has 0 saturated carbocycles. The van der Waals surface area contributed by atoms with Crippen LogP contribution in [0.4, 0.5) is 0 Å². The second-order valence-corrected chi connectivity index (χ2v) is 6.34. The van der Waals surface area contributed by atoms with Crippen LogP contribution in [0.3, 0.4) is 0 Å². The topological polar surface area (TPSA) is 47.4 Å². The molecule has 3 rings (SSSR count). The molecule has 0 aliphatic heterocycles. The third-order valence-corrected chi connectivity index (χ3v) is 4.57. The Morgan fingerprint density at radius 2 is 2.00 bits per heavy atom. The highest BCUT2D eigenvalue weighted by Gasteiger charge is 2.18. The van der Waals surface area contributed by atoms with Crippen LogP contribution in [0.2, 0.25) is 0 Å². The number of imidazole rings is 1. The molecule has 1 heterocycles. The number of benzene rings is 2. The maximum atomic E-state index is 12.9. The molecule has 0 fully saturated rings. The smallest absolute Gasteiger partial charge is 0.253 e. The first-order valence-electron chi connectivity index (χ1n) is 8.57. The number of hydrogen-bond acceptors (Lipinski definition) is 3. The molecule has 26 heavy (non-hydrogen) atoms. The largest absolute Gasteiger partial charge is 0.497 e. The molecule has 134 valence electrons. The SMILES string of the molecule is COc1ccc(C[C@H](C)N(C)C(=O)c2cccc(-n3ccnc3)c2)cc1. The van der Waals surface area contributed by atoms with E-state index in [1.54, 1.807) is 24.5 Å². The molecule has 0 saturated heterocycles. The highest BCUT2D eigenvalue weighted by molar-refractivity contribution is 5.94. The Morgan fingerprint density at radius 3 is 2.65 bits per heavy atom. The van der Waals surface area contributed by atoms with Crippen LogP contribution in [0.25, 0.3) is 5.69 Å². The molecular formula is C21H23N3O2. The normalized spacial score (nSPS) is 11.8. The molecule has 0 aliphatic carbocycles. The quantitative estimate of drug-likeness (QED) is 0.683. The maximum absolute atomic E-state index is 12.9. The number of carbonyl (C=O) groups excluding carboxylic acids is 1. The molecule has 5 heteroatoms. The molecule has 0 N–H and O–H groups in total. The van der Waals surface area contributed by atoms with Gasteiger partial charge in [0.15, 0.2) is 0 Å². The van der Waals surface area contributed by atoms with Crippen molar-refractivity contribution in [3.63, 3.8) is 0 Å². The Balaban J connectivity index is 1.71. The molecule has 0 spiro atoms. The van der Waals surface area contributed by atoms with Crippen LogP contribution in [0, 0.1) is 0 Å². The zero-order valence-corrected chi connectivity index (χ0v) is 15.3. The molecule has 0 bridgehead atoms. The van der Waals surface area contributed by atoms with Crippen molar-refractivity contribution in [1.29, 1.82) is 0 Å². The van der Waals surface area contributed by atoms with Crippen LogP contribution in [0.15, 0.2) is 67.3 Å². The van der Waals surface area contributed by atoms with Gasteiger partial charge in [0.25, 0.3) is 5.91 Å². The Kier molecular flexibility index (Phi) is 5.37. The fraction of sp³-hybridized carbons (Fsp3) is 0.238. The Morgan fingerprint density at radius 1 is 1.23 bits per heavy atom. The number of carbonyl (C=O) groups is 1. The predicted octanol–water partition coefficient (Wildman–Crippen LogP) is 3.58. The van der Waals surface area contributed by atoms with E-state index in [-0.39, 0.29) is 11.9 Å². The highest BCUT2D eigenvalue weighted by Crippen LogP contribution is 2.17. The molecule has 1 aromatic heterocycles. The van der Waals surface area contributed by atoms with Crippen LogP contribution in [-0.2, 0) is 6.42 Å². The lowest BCUT2D eigenvalue weighted by atomic mass is 10.0. The summed E-state index contributed by atoms with van der Waals surface area (Å²) in [5, 5.41) is 0. The lowest BCUT2D eigenvalue weighted by molar-refractivity contribution is 0.0743. The molecule has 3 aromatic rings. The zero-order chi connectivity index (χ0) is 18.5. The number of rotatable bonds is 6. The van der Waals surface area contributed by atoms with E-state index in [0.717, 1.165) is 17.9 Å². The van der Waals surface area contributed by atoms with Crippen molar-refractivity contribution < 1.29 is 9.53 Å². The maximum Gasteiger partial charge on any atom is 0.253 e. The van der Waals surface area contributed by atoms with Gasteiger partial charge in [0.2, 0.25) is 0 Å². The summed E-state index contributed by atoms with van der Waals surface area (Å²) in [5.41, 5.74) is 2.76. The van der Waals surface area contributed by atoms with Gasteiger partial charge in [-0.3, -0.25) is 4.79 Å². The molecular weight excluding hydrogens is 326 g/mol. The van der Waals surface area contributed by atoms with Crippen molar-refractivity contribution in [3.05, 3.63) is 78.4 Å². The first kappa shape index (κ1) is 17.7. The molecule has 0 aliphatic rings. The minimum Gasteiger partial charge on any atom is -0.497 e. The fourth-order valence-corrected chi connectivity index (χ4v) is 2.85. The Bertz CT molecular complexity index is 857. The second-order valence-electron chi connectivity index (χ2n) is 6.34. The summed E-state index contributed by atoms with van der Waals surface area (Å²) in [7, 11) is 3.50. The van der Waals surface area contributed by atoms with Crippen molar-refractivity contribution >= 4 is 5.91 Å². The lowest BCUT2D eigenvalue weighted by Gasteiger charge is -2.25. The minimum atomic E-state index is 0.00739. The average Bonchev–Trinajstić information content (AvgIpc) is 3.22. The van der Waals surface area contributed by atoms with E-state index in [1.807, 2.05) is 66.3 Å². The predicted molar refractivity (Wildman–Crippen MR) is 102 cm³/mol. The Hall–Kier alpha value is -3.08. The van der Waals surface area contributed by atoms with Gasteiger partial charge in [0.05, 0.1) is 13.4 Å². The van der Waals surface area contributed by atoms with Gasteiger partial charge in [-0.1, -0.05) is 18.2 Å². The van der Waals surface area contributed by atoms with Crippen LogP contribution < -0.4 is 4.74 Å².